The summed E-state index contributed by atoms with van der Waals surface area (Å²) >= 11 is 1.21. The van der Waals surface area contributed by atoms with E-state index in [1.165, 1.54) is 24.5 Å². The maximum absolute atomic E-state index is 13.4. The molecule has 0 saturated carbocycles. The zero-order chi connectivity index (χ0) is 46.8. The van der Waals surface area contributed by atoms with E-state index in [2.05, 4.69) is 30.6 Å². The molecular formula is C43H59N13O7S. The van der Waals surface area contributed by atoms with E-state index in [4.69, 9.17) is 42.2 Å². The minimum atomic E-state index is -0.580. The Balaban J connectivity index is 0.000000800. The van der Waals surface area contributed by atoms with Crippen molar-refractivity contribution in [2.45, 2.75) is 47.2 Å². The number of aliphatic imine (C=N–C) groups is 2. The third-order valence-electron chi connectivity index (χ3n) is 9.34. The number of primary amides is 1. The lowest BCUT2D eigenvalue weighted by Crippen LogP contribution is -2.37. The van der Waals surface area contributed by atoms with Crippen molar-refractivity contribution in [2.75, 3.05) is 72.0 Å². The number of nitrogen functional groups attached to an aromatic ring is 1. The van der Waals surface area contributed by atoms with Gasteiger partial charge in [-0.2, -0.15) is 4.99 Å². The fourth-order valence-corrected chi connectivity index (χ4v) is 7.64. The van der Waals surface area contributed by atoms with Crippen LogP contribution in [0.4, 0.5) is 5.95 Å². The summed E-state index contributed by atoms with van der Waals surface area (Å²) in [5.74, 6) is 5.22. The highest BCUT2D eigenvalue weighted by Crippen LogP contribution is 2.32. The lowest BCUT2D eigenvalue weighted by molar-refractivity contribution is -0.112. The molecule has 2 aromatic carbocycles. The Labute approximate surface area is 375 Å². The summed E-state index contributed by atoms with van der Waals surface area (Å²) in [7, 11) is 3.26. The number of rotatable bonds is 19. The molecule has 3 heterocycles. The number of thiazole rings is 1. The number of allylic oxidation sites excluding steroid dienone is 5. The molecule has 0 atom stereocenters. The summed E-state index contributed by atoms with van der Waals surface area (Å²) in [5.41, 5.74) is 23.0. The van der Waals surface area contributed by atoms with Crippen LogP contribution in [0.15, 0.2) is 74.9 Å². The first-order valence-electron chi connectivity index (χ1n) is 20.6. The summed E-state index contributed by atoms with van der Waals surface area (Å²) < 4.78 is 21.9. The van der Waals surface area contributed by atoms with Crippen molar-refractivity contribution in [3.05, 3.63) is 75.9 Å². The van der Waals surface area contributed by atoms with E-state index >= 15 is 0 Å². The van der Waals surface area contributed by atoms with Gasteiger partial charge in [-0.3, -0.25) is 39.5 Å². The normalized spacial score (nSPS) is 14.5. The molecule has 0 bridgehead atoms. The highest BCUT2D eigenvalue weighted by molar-refractivity contribution is 7.16. The van der Waals surface area contributed by atoms with Crippen LogP contribution < -0.4 is 48.1 Å². The molecule has 21 heteroatoms. The second kappa shape index (κ2) is 24.8. The van der Waals surface area contributed by atoms with Gasteiger partial charge in [0.1, 0.15) is 28.2 Å². The van der Waals surface area contributed by atoms with Crippen molar-refractivity contribution in [2.24, 2.45) is 38.0 Å². The topological polar surface area (TPSA) is 287 Å². The molecule has 0 unspecified atom stereocenters. The van der Waals surface area contributed by atoms with Crippen LogP contribution in [-0.2, 0) is 27.4 Å². The lowest BCUT2D eigenvalue weighted by Gasteiger charge is -2.26. The summed E-state index contributed by atoms with van der Waals surface area (Å²) in [4.78, 5) is 68.3. The van der Waals surface area contributed by atoms with Gasteiger partial charge in [-0.25, -0.2) is 10.8 Å². The largest absolute Gasteiger partial charge is 0.494 e. The lowest BCUT2D eigenvalue weighted by atomic mass is 10.1. The standard InChI is InChI=1S/C36H47N11O6S.C7H12N2O/c1-5-41-26(17-22(2)37)34(50)43-36-47(31-27(51-4)20-24(33(49)44-39)21-29(31)54-36)11-7-6-10-46-30-25(42-35(46)40-3)18-23(32(38)48)19-28(30)53-14-8-9-45-12-15-52-16-13-45;1-3-9-7(5-10)4-6(2)8/h6-7,17-21H,5,8-16,37,39H2,1-4H3,(H2,38,48)(H,40,42)(H,44,49);4-5H,3,8H2,1-2H3/b7-6+,22-17-,41-26?,43-36?;6-4-,9-7?. The number of methoxy groups -OCH3 is 1. The molecule has 2 aromatic heterocycles. The Morgan fingerprint density at radius 1 is 0.922 bits per heavy atom. The third kappa shape index (κ3) is 13.7. The predicted molar refractivity (Wildman–Crippen MR) is 251 cm³/mol. The Kier molecular flexibility index (Phi) is 19.4. The molecule has 1 fully saturated rings. The molecule has 1 aliphatic rings. The Morgan fingerprint density at radius 3 is 2.19 bits per heavy atom. The van der Waals surface area contributed by atoms with Crippen molar-refractivity contribution in [3.63, 3.8) is 0 Å². The van der Waals surface area contributed by atoms with E-state index < -0.39 is 17.7 Å². The highest BCUT2D eigenvalue weighted by Gasteiger charge is 2.20. The highest BCUT2D eigenvalue weighted by atomic mass is 32.1. The number of benzene rings is 2. The minimum absolute atomic E-state index is 0.123. The average Bonchev–Trinajstić information content (AvgIpc) is 3.82. The number of ether oxygens (including phenoxy) is 3. The number of aldehydes is 1. The second-order valence-electron chi connectivity index (χ2n) is 14.2. The van der Waals surface area contributed by atoms with Gasteiger partial charge in [0.25, 0.3) is 11.8 Å². The predicted octanol–water partition coefficient (Wildman–Crippen LogP) is 2.42. The number of amides is 3. The van der Waals surface area contributed by atoms with Gasteiger partial charge in [-0.1, -0.05) is 23.5 Å². The Bertz CT molecular complexity index is 2520. The number of anilines is 1. The molecule has 10 N–H and O–H groups in total. The van der Waals surface area contributed by atoms with E-state index in [1.807, 2.05) is 35.1 Å². The van der Waals surface area contributed by atoms with Crippen LogP contribution in [0.25, 0.3) is 21.3 Å². The zero-order valence-electron chi connectivity index (χ0n) is 37.2. The number of carbonyl (C=O) groups excluding carboxylic acids is 4. The number of hydrogen-bond acceptors (Lipinski definition) is 16. The van der Waals surface area contributed by atoms with Gasteiger partial charge in [0, 0.05) is 75.4 Å². The molecule has 4 aromatic rings. The molecule has 0 radical (unpaired) electrons. The Morgan fingerprint density at radius 2 is 1.59 bits per heavy atom. The molecule has 3 amide bonds. The van der Waals surface area contributed by atoms with Crippen LogP contribution in [0.2, 0.25) is 0 Å². The van der Waals surface area contributed by atoms with Gasteiger partial charge in [0.15, 0.2) is 11.1 Å². The number of morpholine rings is 1. The molecule has 64 heavy (non-hydrogen) atoms. The van der Waals surface area contributed by atoms with Crippen molar-refractivity contribution in [1.29, 1.82) is 0 Å². The van der Waals surface area contributed by atoms with Gasteiger partial charge in [0.2, 0.25) is 11.9 Å². The molecule has 0 spiro atoms. The molecular weight excluding hydrogens is 843 g/mol. The van der Waals surface area contributed by atoms with E-state index in [9.17, 15) is 19.2 Å². The number of nitrogens with one attached hydrogen (secondary N) is 2. The number of imidazole rings is 1. The van der Waals surface area contributed by atoms with Crippen LogP contribution in [-0.4, -0.2) is 121 Å². The summed E-state index contributed by atoms with van der Waals surface area (Å²) in [6.07, 6.45) is 8.39. The number of hydrogen-bond donors (Lipinski definition) is 6. The molecule has 20 nitrogen and oxygen atoms in total. The molecule has 1 saturated heterocycles. The van der Waals surface area contributed by atoms with Crippen LogP contribution >= 0.6 is 11.3 Å². The van der Waals surface area contributed by atoms with Gasteiger partial charge < -0.3 is 45.9 Å². The van der Waals surface area contributed by atoms with Crippen LogP contribution in [0, 0.1) is 0 Å². The van der Waals surface area contributed by atoms with Crippen LogP contribution in [0.5, 0.6) is 11.5 Å². The second-order valence-corrected chi connectivity index (χ2v) is 15.2. The quantitative estimate of drug-likeness (QED) is 0.0150. The number of hydrazine groups is 1. The first-order chi connectivity index (χ1) is 30.8. The van der Waals surface area contributed by atoms with Crippen molar-refractivity contribution in [3.8, 4) is 11.5 Å². The van der Waals surface area contributed by atoms with Gasteiger partial charge in [-0.05, 0) is 70.5 Å². The maximum atomic E-state index is 13.4. The van der Waals surface area contributed by atoms with Crippen molar-refractivity contribution in [1.82, 2.24) is 24.4 Å². The zero-order valence-corrected chi connectivity index (χ0v) is 38.0. The van der Waals surface area contributed by atoms with E-state index in [0.717, 1.165) is 39.3 Å². The van der Waals surface area contributed by atoms with Crippen LogP contribution in [0.3, 0.4) is 0 Å². The minimum Gasteiger partial charge on any atom is -0.494 e. The molecule has 5 rings (SSSR count). The van der Waals surface area contributed by atoms with E-state index in [-0.39, 0.29) is 17.8 Å². The van der Waals surface area contributed by atoms with Crippen molar-refractivity contribution >= 4 is 74.0 Å². The van der Waals surface area contributed by atoms with Crippen molar-refractivity contribution < 1.29 is 33.4 Å². The summed E-state index contributed by atoms with van der Waals surface area (Å²) in [6, 6.07) is 6.55. The maximum Gasteiger partial charge on any atom is 0.297 e. The number of nitrogens with zero attached hydrogens (tertiary/aromatic N) is 7. The van der Waals surface area contributed by atoms with Crippen LogP contribution in [0.1, 0.15) is 54.8 Å². The molecule has 344 valence electrons. The fraction of sp³-hybridized carbons (Fsp3) is 0.395. The number of fused-ring (bicyclic) bond motifs is 2. The third-order valence-corrected chi connectivity index (χ3v) is 10.4. The van der Waals surface area contributed by atoms with E-state index in [0.29, 0.717) is 98.7 Å². The average molecular weight is 902 g/mol. The number of carbonyl (C=O) groups is 4. The summed E-state index contributed by atoms with van der Waals surface area (Å²) in [5, 5.41) is 3.14. The number of nitrogens with two attached hydrogens (primary N) is 4. The van der Waals surface area contributed by atoms with Gasteiger partial charge >= 0.3 is 0 Å². The SMILES string of the molecule is CCN=C(/C=C(/C)N)C(=O)N=c1sc2cc(C(=O)NN)cc(OC)c2n1C/C=C/Cn1c(NC)nc2cc(C(N)=O)cc(OCCCN3CCOCC3)c21.CCN=C(C=O)/C=C(/C)N. The van der Waals surface area contributed by atoms with Gasteiger partial charge in [-0.15, -0.1) is 0 Å². The van der Waals surface area contributed by atoms with E-state index in [1.54, 1.807) is 51.2 Å². The fourth-order valence-electron chi connectivity index (χ4n) is 6.54. The monoisotopic (exact) mass is 901 g/mol. The molecule has 1 aliphatic heterocycles. The molecule has 0 aliphatic carbocycles. The smallest absolute Gasteiger partial charge is 0.297 e. The number of aromatic nitrogens is 3. The summed E-state index contributed by atoms with van der Waals surface area (Å²) in [6.45, 7) is 13.2. The first kappa shape index (κ1) is 50.0. The first-order valence-corrected chi connectivity index (χ1v) is 21.4. The van der Waals surface area contributed by atoms with Gasteiger partial charge in [0.05, 0.1) is 42.9 Å². The Hall–Kier alpha value is -6.68.